The van der Waals surface area contributed by atoms with Gasteiger partial charge in [-0.3, -0.25) is 9.36 Å². The highest BCUT2D eigenvalue weighted by molar-refractivity contribution is 6.74. The van der Waals surface area contributed by atoms with Gasteiger partial charge in [-0.25, -0.2) is 15.0 Å². The van der Waals surface area contributed by atoms with E-state index in [0.29, 0.717) is 16.9 Å². The van der Waals surface area contributed by atoms with E-state index in [4.69, 9.17) is 13.9 Å². The standard InChI is InChI=1S/C24H33N5O6Si/c1-24(2,3)36(4,5)34-11-16-19(31)20(32)23(35-16)29-14-27-18-21(25-13-26-22(18)29)28-17(30)12-33-15-9-7-6-8-10-15/h6-10,13-14,16,19-20,23,31-32H,11-12H2,1-5H3,(H,25,26,28,30)/t16-,19-,20-,23-/m1/s1. The third-order valence-electron chi connectivity index (χ3n) is 6.76. The molecular weight excluding hydrogens is 482 g/mol. The van der Waals surface area contributed by atoms with Crippen LogP contribution in [0.15, 0.2) is 43.0 Å². The molecule has 3 heterocycles. The monoisotopic (exact) mass is 515 g/mol. The lowest BCUT2D eigenvalue weighted by Crippen LogP contribution is -2.44. The van der Waals surface area contributed by atoms with Crippen LogP contribution < -0.4 is 10.1 Å². The average Bonchev–Trinajstić information content (AvgIpc) is 3.38. The number of hydrogen-bond acceptors (Lipinski definition) is 9. The van der Waals surface area contributed by atoms with Gasteiger partial charge in [-0.05, 0) is 30.3 Å². The maximum Gasteiger partial charge on any atom is 0.263 e. The van der Waals surface area contributed by atoms with Gasteiger partial charge in [0.15, 0.2) is 38.1 Å². The molecule has 1 amide bonds. The largest absolute Gasteiger partial charge is 0.484 e. The van der Waals surface area contributed by atoms with Crippen LogP contribution in [0.3, 0.4) is 0 Å². The van der Waals surface area contributed by atoms with Crippen LogP contribution >= 0.6 is 0 Å². The molecule has 0 aliphatic carbocycles. The van der Waals surface area contributed by atoms with Gasteiger partial charge in [0, 0.05) is 0 Å². The van der Waals surface area contributed by atoms with E-state index in [9.17, 15) is 15.0 Å². The summed E-state index contributed by atoms with van der Waals surface area (Å²) in [6.45, 7) is 10.6. The van der Waals surface area contributed by atoms with Crippen molar-refractivity contribution in [2.24, 2.45) is 0 Å². The molecule has 2 aromatic heterocycles. The lowest BCUT2D eigenvalue weighted by molar-refractivity contribution is -0.118. The number of rotatable bonds is 8. The number of nitrogens with one attached hydrogen (secondary N) is 1. The SMILES string of the molecule is CC(C)(C)[Si](C)(C)OC[C@H]1O[C@@H](n2cnc3c(NC(=O)COc4ccccc4)ncnc32)[C@H](O)[C@@H]1O. The predicted molar refractivity (Wildman–Crippen MR) is 135 cm³/mol. The van der Waals surface area contributed by atoms with Crippen LogP contribution in [0.2, 0.25) is 18.1 Å². The van der Waals surface area contributed by atoms with Crippen molar-refractivity contribution in [2.75, 3.05) is 18.5 Å². The lowest BCUT2D eigenvalue weighted by atomic mass is 10.1. The third-order valence-corrected chi connectivity index (χ3v) is 11.3. The van der Waals surface area contributed by atoms with E-state index in [1.807, 2.05) is 18.2 Å². The molecule has 12 heteroatoms. The Morgan fingerprint density at radius 1 is 1.14 bits per heavy atom. The molecule has 0 bridgehead atoms. The van der Waals surface area contributed by atoms with Crippen LogP contribution in [0.4, 0.5) is 5.82 Å². The van der Waals surface area contributed by atoms with Crippen molar-refractivity contribution in [3.05, 3.63) is 43.0 Å². The number of aromatic nitrogens is 4. The molecule has 4 atom stereocenters. The fourth-order valence-corrected chi connectivity index (χ4v) is 4.58. The average molecular weight is 516 g/mol. The van der Waals surface area contributed by atoms with Crippen molar-refractivity contribution in [3.8, 4) is 5.75 Å². The highest BCUT2D eigenvalue weighted by atomic mass is 28.4. The van der Waals surface area contributed by atoms with Gasteiger partial charge in [-0.15, -0.1) is 0 Å². The van der Waals surface area contributed by atoms with Crippen molar-refractivity contribution in [2.45, 2.75) is 63.4 Å². The minimum Gasteiger partial charge on any atom is -0.484 e. The topological polar surface area (TPSA) is 141 Å². The Morgan fingerprint density at radius 2 is 1.86 bits per heavy atom. The number of amides is 1. The van der Waals surface area contributed by atoms with Gasteiger partial charge in [-0.2, -0.15) is 0 Å². The normalized spacial score (nSPS) is 22.6. The zero-order valence-corrected chi connectivity index (χ0v) is 22.1. The zero-order valence-electron chi connectivity index (χ0n) is 21.1. The van der Waals surface area contributed by atoms with Gasteiger partial charge in [0.05, 0.1) is 12.9 Å². The molecule has 1 aliphatic heterocycles. The fraction of sp³-hybridized carbons (Fsp3) is 0.500. The molecule has 3 N–H and O–H groups in total. The second kappa shape index (κ2) is 10.2. The molecule has 0 unspecified atom stereocenters. The third kappa shape index (κ3) is 5.42. The molecule has 4 rings (SSSR count). The Hall–Kier alpha value is -2.90. The number of aliphatic hydroxyl groups excluding tert-OH is 2. The minimum atomic E-state index is -2.07. The molecule has 36 heavy (non-hydrogen) atoms. The number of hydrogen-bond donors (Lipinski definition) is 3. The molecule has 1 saturated heterocycles. The Labute approximate surface area is 210 Å². The number of imidazole rings is 1. The van der Waals surface area contributed by atoms with Gasteiger partial charge >= 0.3 is 0 Å². The molecule has 0 saturated carbocycles. The van der Waals surface area contributed by atoms with Crippen molar-refractivity contribution < 1.29 is 28.9 Å². The molecule has 3 aromatic rings. The highest BCUT2D eigenvalue weighted by Crippen LogP contribution is 2.38. The van der Waals surface area contributed by atoms with E-state index >= 15 is 0 Å². The summed E-state index contributed by atoms with van der Waals surface area (Å²) in [6, 6.07) is 8.99. The molecule has 0 radical (unpaired) electrons. The Kier molecular flexibility index (Phi) is 7.43. The van der Waals surface area contributed by atoms with Gasteiger partial charge in [0.1, 0.15) is 30.4 Å². The predicted octanol–water partition coefficient (Wildman–Crippen LogP) is 2.48. The number of nitrogens with zero attached hydrogens (tertiary/aromatic N) is 4. The summed E-state index contributed by atoms with van der Waals surface area (Å²) in [5.41, 5.74) is 0.656. The number of para-hydroxylation sites is 1. The summed E-state index contributed by atoms with van der Waals surface area (Å²) in [5.74, 6) is 0.359. The number of carbonyl (C=O) groups is 1. The number of aliphatic hydroxyl groups is 2. The minimum absolute atomic E-state index is 0.000977. The summed E-state index contributed by atoms with van der Waals surface area (Å²) in [5, 5.41) is 24.1. The summed E-state index contributed by atoms with van der Waals surface area (Å²) < 4.78 is 19.2. The molecule has 0 spiro atoms. The van der Waals surface area contributed by atoms with E-state index < -0.39 is 38.8 Å². The summed E-state index contributed by atoms with van der Waals surface area (Å²) >= 11 is 0. The van der Waals surface area contributed by atoms with E-state index in [-0.39, 0.29) is 24.1 Å². The Bertz CT molecular complexity index is 1200. The molecule has 1 fully saturated rings. The van der Waals surface area contributed by atoms with Crippen molar-refractivity contribution >= 4 is 31.2 Å². The number of benzene rings is 1. The first-order chi connectivity index (χ1) is 17.0. The van der Waals surface area contributed by atoms with Crippen LogP contribution in [0, 0.1) is 0 Å². The Morgan fingerprint density at radius 3 is 2.56 bits per heavy atom. The maximum absolute atomic E-state index is 12.4. The van der Waals surface area contributed by atoms with Crippen LogP contribution in [0.25, 0.3) is 11.2 Å². The molecule has 1 aromatic carbocycles. The van der Waals surface area contributed by atoms with Crippen LogP contribution in [-0.2, 0) is 14.0 Å². The first-order valence-corrected chi connectivity index (χ1v) is 14.7. The van der Waals surface area contributed by atoms with E-state index in [1.165, 1.54) is 17.2 Å². The molecule has 194 valence electrons. The van der Waals surface area contributed by atoms with Gasteiger partial charge in [0.25, 0.3) is 5.91 Å². The summed E-state index contributed by atoms with van der Waals surface area (Å²) in [4.78, 5) is 25.1. The zero-order chi connectivity index (χ0) is 26.1. The van der Waals surface area contributed by atoms with Gasteiger partial charge in [-0.1, -0.05) is 39.0 Å². The molecular formula is C24H33N5O6Si. The Balaban J connectivity index is 1.46. The number of fused-ring (bicyclic) bond motifs is 1. The van der Waals surface area contributed by atoms with Crippen molar-refractivity contribution in [1.82, 2.24) is 19.5 Å². The van der Waals surface area contributed by atoms with Crippen molar-refractivity contribution in [3.63, 3.8) is 0 Å². The maximum atomic E-state index is 12.4. The van der Waals surface area contributed by atoms with Gasteiger partial charge in [0.2, 0.25) is 0 Å². The number of ether oxygens (including phenoxy) is 2. The first-order valence-electron chi connectivity index (χ1n) is 11.8. The van der Waals surface area contributed by atoms with Crippen LogP contribution in [-0.4, -0.2) is 75.5 Å². The smallest absolute Gasteiger partial charge is 0.263 e. The van der Waals surface area contributed by atoms with Crippen molar-refractivity contribution in [1.29, 1.82) is 0 Å². The second-order valence-corrected chi connectivity index (χ2v) is 15.1. The molecule has 11 nitrogen and oxygen atoms in total. The fourth-order valence-electron chi connectivity index (χ4n) is 3.57. The molecule has 1 aliphatic rings. The van der Waals surface area contributed by atoms with Gasteiger partial charge < -0.3 is 29.4 Å². The second-order valence-electron chi connectivity index (χ2n) is 10.3. The summed E-state index contributed by atoms with van der Waals surface area (Å²) in [6.07, 6.45) is -1.29. The van der Waals surface area contributed by atoms with E-state index in [2.05, 4.69) is 54.1 Å². The van der Waals surface area contributed by atoms with Crippen LogP contribution in [0.5, 0.6) is 5.75 Å². The lowest BCUT2D eigenvalue weighted by Gasteiger charge is -2.37. The summed E-state index contributed by atoms with van der Waals surface area (Å²) in [7, 11) is -2.07. The van der Waals surface area contributed by atoms with Crippen LogP contribution in [0.1, 0.15) is 27.0 Å². The quantitative estimate of drug-likeness (QED) is 0.386. The number of anilines is 1. The highest BCUT2D eigenvalue weighted by Gasteiger charge is 2.46. The van der Waals surface area contributed by atoms with E-state index in [1.54, 1.807) is 12.1 Å². The number of carbonyl (C=O) groups excluding carboxylic acids is 1. The van der Waals surface area contributed by atoms with E-state index in [0.717, 1.165) is 0 Å². The first kappa shape index (κ1) is 26.2.